The van der Waals surface area contributed by atoms with Crippen LogP contribution in [0.1, 0.15) is 36.5 Å². The van der Waals surface area contributed by atoms with Gasteiger partial charge in [0, 0.05) is 12.1 Å². The molecule has 0 N–H and O–H groups in total. The molecule has 2 rings (SSSR count). The van der Waals surface area contributed by atoms with Crippen LogP contribution in [0, 0.1) is 11.3 Å². The third kappa shape index (κ3) is 3.05. The van der Waals surface area contributed by atoms with Crippen molar-refractivity contribution in [2.24, 2.45) is 0 Å². The highest BCUT2D eigenvalue weighted by Gasteiger charge is 2.29. The Morgan fingerprint density at radius 2 is 2.42 bits per heavy atom. The number of nitrogens with zero attached hydrogens (tertiary/aromatic N) is 2. The molecule has 1 aliphatic heterocycles. The highest BCUT2D eigenvalue weighted by Crippen LogP contribution is 2.21. The van der Waals surface area contributed by atoms with Gasteiger partial charge in [0.2, 0.25) is 0 Å². The molecule has 0 aromatic heterocycles. The van der Waals surface area contributed by atoms with Crippen LogP contribution in [0.15, 0.2) is 24.3 Å². The number of hydrogen-bond donors (Lipinski definition) is 0. The average Bonchev–Trinajstić information content (AvgIpc) is 2.93. The summed E-state index contributed by atoms with van der Waals surface area (Å²) >= 11 is 0. The van der Waals surface area contributed by atoms with E-state index < -0.39 is 0 Å². The zero-order chi connectivity index (χ0) is 13.7. The molecule has 1 heterocycles. The van der Waals surface area contributed by atoms with E-state index in [0.717, 1.165) is 19.3 Å². The van der Waals surface area contributed by atoms with Gasteiger partial charge in [-0.3, -0.25) is 4.79 Å². The van der Waals surface area contributed by atoms with E-state index in [1.807, 2.05) is 19.1 Å². The highest BCUT2D eigenvalue weighted by atomic mass is 16.5. The van der Waals surface area contributed by atoms with Gasteiger partial charge in [0.25, 0.3) is 5.91 Å². The quantitative estimate of drug-likeness (QED) is 0.834. The fraction of sp³-hybridized carbons (Fsp3) is 0.467. The molecule has 1 aromatic carbocycles. The minimum atomic E-state index is -0.285. The molecule has 0 bridgehead atoms. The van der Waals surface area contributed by atoms with Gasteiger partial charge in [-0.25, -0.2) is 0 Å². The summed E-state index contributed by atoms with van der Waals surface area (Å²) in [5, 5.41) is 9.03. The van der Waals surface area contributed by atoms with Crippen molar-refractivity contribution in [2.45, 2.75) is 32.2 Å². The van der Waals surface area contributed by atoms with Crippen molar-refractivity contribution in [1.82, 2.24) is 4.90 Å². The fourth-order valence-electron chi connectivity index (χ4n) is 2.25. The Kier molecular flexibility index (Phi) is 4.40. The number of benzene rings is 1. The Morgan fingerprint density at radius 1 is 1.58 bits per heavy atom. The SMILES string of the molecule is CCCOc1cccc(C(=O)N2CCCC2C#N)c1. The number of carbonyl (C=O) groups excluding carboxylic acids is 1. The van der Waals surface area contributed by atoms with Crippen LogP contribution >= 0.6 is 0 Å². The molecule has 1 unspecified atom stereocenters. The lowest BCUT2D eigenvalue weighted by Crippen LogP contribution is -2.34. The summed E-state index contributed by atoms with van der Waals surface area (Å²) in [5.41, 5.74) is 0.593. The van der Waals surface area contributed by atoms with Crippen molar-refractivity contribution < 1.29 is 9.53 Å². The van der Waals surface area contributed by atoms with Crippen molar-refractivity contribution in [3.05, 3.63) is 29.8 Å². The van der Waals surface area contributed by atoms with E-state index in [4.69, 9.17) is 10.00 Å². The van der Waals surface area contributed by atoms with Crippen LogP contribution in [0.4, 0.5) is 0 Å². The molecule has 19 heavy (non-hydrogen) atoms. The Hall–Kier alpha value is -2.02. The molecular weight excluding hydrogens is 240 g/mol. The van der Waals surface area contributed by atoms with Gasteiger partial charge in [0.15, 0.2) is 0 Å². The van der Waals surface area contributed by atoms with Crippen molar-refractivity contribution in [2.75, 3.05) is 13.2 Å². The van der Waals surface area contributed by atoms with E-state index in [1.165, 1.54) is 0 Å². The predicted molar refractivity (Wildman–Crippen MR) is 71.9 cm³/mol. The molecule has 0 aliphatic carbocycles. The number of likely N-dealkylation sites (tertiary alicyclic amines) is 1. The van der Waals surface area contributed by atoms with Crippen LogP contribution in [0.25, 0.3) is 0 Å². The van der Waals surface area contributed by atoms with Crippen molar-refractivity contribution in [3.63, 3.8) is 0 Å². The van der Waals surface area contributed by atoms with Crippen LogP contribution in [-0.2, 0) is 0 Å². The molecular formula is C15H18N2O2. The summed E-state index contributed by atoms with van der Waals surface area (Å²) in [6.45, 7) is 3.34. The van der Waals surface area contributed by atoms with Crippen LogP contribution < -0.4 is 4.74 Å². The smallest absolute Gasteiger partial charge is 0.255 e. The number of hydrogen-bond acceptors (Lipinski definition) is 3. The monoisotopic (exact) mass is 258 g/mol. The van der Waals surface area contributed by atoms with Gasteiger partial charge in [-0.1, -0.05) is 13.0 Å². The second-order valence-corrected chi connectivity index (χ2v) is 4.66. The van der Waals surface area contributed by atoms with Crippen LogP contribution in [0.3, 0.4) is 0 Å². The second-order valence-electron chi connectivity index (χ2n) is 4.66. The normalized spacial score (nSPS) is 18.1. The minimum absolute atomic E-state index is 0.0778. The molecule has 1 atom stereocenters. The highest BCUT2D eigenvalue weighted by molar-refractivity contribution is 5.95. The number of nitriles is 1. The predicted octanol–water partition coefficient (Wildman–Crippen LogP) is 2.60. The van der Waals surface area contributed by atoms with Crippen LogP contribution in [0.5, 0.6) is 5.75 Å². The van der Waals surface area contributed by atoms with Gasteiger partial charge in [-0.15, -0.1) is 0 Å². The maximum atomic E-state index is 12.4. The second kappa shape index (κ2) is 6.24. The minimum Gasteiger partial charge on any atom is -0.494 e. The maximum absolute atomic E-state index is 12.4. The summed E-state index contributed by atoms with van der Waals surface area (Å²) in [7, 11) is 0. The number of amides is 1. The zero-order valence-corrected chi connectivity index (χ0v) is 11.1. The Bertz CT molecular complexity index is 493. The molecule has 1 saturated heterocycles. The Labute approximate surface area is 113 Å². The summed E-state index contributed by atoms with van der Waals surface area (Å²) in [6.07, 6.45) is 2.60. The van der Waals surface area contributed by atoms with Gasteiger partial charge in [-0.2, -0.15) is 5.26 Å². The van der Waals surface area contributed by atoms with Gasteiger partial charge < -0.3 is 9.64 Å². The first kappa shape index (κ1) is 13.4. The van der Waals surface area contributed by atoms with E-state index in [0.29, 0.717) is 24.5 Å². The first-order valence-electron chi connectivity index (χ1n) is 6.69. The third-order valence-electron chi connectivity index (χ3n) is 3.22. The molecule has 1 fully saturated rings. The molecule has 0 radical (unpaired) electrons. The van der Waals surface area contributed by atoms with E-state index in [9.17, 15) is 4.79 Å². The standard InChI is InChI=1S/C15H18N2O2/c1-2-9-19-14-7-3-5-12(10-14)15(18)17-8-4-6-13(17)11-16/h3,5,7,10,13H,2,4,6,8-9H2,1H3. The van der Waals surface area contributed by atoms with E-state index in [-0.39, 0.29) is 11.9 Å². The van der Waals surface area contributed by atoms with Crippen molar-refractivity contribution in [1.29, 1.82) is 5.26 Å². The molecule has 1 aliphatic rings. The molecule has 4 heteroatoms. The Morgan fingerprint density at radius 3 is 3.16 bits per heavy atom. The van der Waals surface area contributed by atoms with Gasteiger partial charge in [0.1, 0.15) is 11.8 Å². The van der Waals surface area contributed by atoms with Crippen LogP contribution in [0.2, 0.25) is 0 Å². The number of ether oxygens (including phenoxy) is 1. The molecule has 0 spiro atoms. The van der Waals surface area contributed by atoms with E-state index >= 15 is 0 Å². The van der Waals surface area contributed by atoms with E-state index in [1.54, 1.807) is 17.0 Å². The van der Waals surface area contributed by atoms with Gasteiger partial charge in [-0.05, 0) is 37.5 Å². The van der Waals surface area contributed by atoms with Crippen molar-refractivity contribution in [3.8, 4) is 11.8 Å². The summed E-state index contributed by atoms with van der Waals surface area (Å²) in [4.78, 5) is 14.0. The third-order valence-corrected chi connectivity index (χ3v) is 3.22. The summed E-state index contributed by atoms with van der Waals surface area (Å²) in [6, 6.07) is 9.09. The molecule has 100 valence electrons. The summed E-state index contributed by atoms with van der Waals surface area (Å²) in [5.74, 6) is 0.631. The van der Waals surface area contributed by atoms with Crippen LogP contribution in [-0.4, -0.2) is 30.0 Å². The molecule has 1 aromatic rings. The first-order chi connectivity index (χ1) is 9.26. The van der Waals surface area contributed by atoms with Gasteiger partial charge in [0.05, 0.1) is 12.7 Å². The number of carbonyl (C=O) groups is 1. The van der Waals surface area contributed by atoms with Gasteiger partial charge >= 0.3 is 0 Å². The van der Waals surface area contributed by atoms with E-state index in [2.05, 4.69) is 6.07 Å². The molecule has 1 amide bonds. The lowest BCUT2D eigenvalue weighted by atomic mass is 10.1. The maximum Gasteiger partial charge on any atom is 0.255 e. The zero-order valence-electron chi connectivity index (χ0n) is 11.1. The molecule has 4 nitrogen and oxygen atoms in total. The summed E-state index contributed by atoms with van der Waals surface area (Å²) < 4.78 is 5.53. The lowest BCUT2D eigenvalue weighted by molar-refractivity contribution is 0.0764. The molecule has 0 saturated carbocycles. The van der Waals surface area contributed by atoms with Crippen molar-refractivity contribution >= 4 is 5.91 Å². The largest absolute Gasteiger partial charge is 0.494 e. The number of rotatable bonds is 4. The fourth-order valence-corrected chi connectivity index (χ4v) is 2.25. The Balaban J connectivity index is 2.13. The first-order valence-corrected chi connectivity index (χ1v) is 6.69. The average molecular weight is 258 g/mol. The topological polar surface area (TPSA) is 53.3 Å². The lowest BCUT2D eigenvalue weighted by Gasteiger charge is -2.19.